The van der Waals surface area contributed by atoms with E-state index in [2.05, 4.69) is 15.2 Å². The Morgan fingerprint density at radius 1 is 1.12 bits per heavy atom. The van der Waals surface area contributed by atoms with Crippen LogP contribution in [0.3, 0.4) is 0 Å². The molecule has 0 saturated carbocycles. The third-order valence-corrected chi connectivity index (χ3v) is 3.92. The topological polar surface area (TPSA) is 60.7 Å². The van der Waals surface area contributed by atoms with Crippen LogP contribution in [0.4, 0.5) is 24.5 Å². The number of H-pyrrole nitrogens is 1. The van der Waals surface area contributed by atoms with Crippen molar-refractivity contribution < 1.29 is 18.3 Å². The molecule has 0 aliphatic rings. The first kappa shape index (κ1) is 16.3. The Balaban J connectivity index is 2.08. The van der Waals surface area contributed by atoms with Crippen LogP contribution in [0.1, 0.15) is 11.1 Å². The Kier molecular flexibility index (Phi) is 3.96. The van der Waals surface area contributed by atoms with E-state index in [1.165, 1.54) is 12.1 Å². The number of fused-ring (bicyclic) bond motifs is 1. The van der Waals surface area contributed by atoms with E-state index in [4.69, 9.17) is 11.6 Å². The van der Waals surface area contributed by atoms with Gasteiger partial charge in [-0.1, -0.05) is 29.8 Å². The summed E-state index contributed by atoms with van der Waals surface area (Å²) in [6.45, 7) is 1.83. The van der Waals surface area contributed by atoms with Crippen LogP contribution < -0.4 is 0 Å². The van der Waals surface area contributed by atoms with Gasteiger partial charge in [0.15, 0.2) is 5.69 Å². The Morgan fingerprint density at radius 2 is 1.88 bits per heavy atom. The van der Waals surface area contributed by atoms with Crippen LogP contribution in [0.25, 0.3) is 10.9 Å². The molecular weight excluding hydrogens is 343 g/mol. The number of alkyl halides is 3. The number of aromatic hydroxyl groups is 1. The number of nitrogens with one attached hydrogen (secondary N) is 1. The number of azo groups is 1. The molecule has 0 aliphatic heterocycles. The van der Waals surface area contributed by atoms with Crippen LogP contribution in [0, 0.1) is 6.92 Å². The number of benzene rings is 2. The number of aromatic nitrogens is 1. The molecule has 0 spiro atoms. The van der Waals surface area contributed by atoms with Crippen molar-refractivity contribution in [2.45, 2.75) is 13.1 Å². The number of hydrogen-bond acceptors (Lipinski definition) is 3. The highest BCUT2D eigenvalue weighted by molar-refractivity contribution is 6.31. The van der Waals surface area contributed by atoms with Crippen molar-refractivity contribution in [3.63, 3.8) is 0 Å². The summed E-state index contributed by atoms with van der Waals surface area (Å²) in [5.74, 6) is -0.483. The number of hydrogen-bond donors (Lipinski definition) is 2. The first-order valence-electron chi connectivity index (χ1n) is 6.86. The minimum Gasteiger partial charge on any atom is -0.493 e. The number of nitrogens with zero attached hydrogens (tertiary/aromatic N) is 2. The fourth-order valence-electron chi connectivity index (χ4n) is 2.28. The zero-order valence-corrected chi connectivity index (χ0v) is 13.1. The van der Waals surface area contributed by atoms with Gasteiger partial charge in [-0.15, -0.1) is 5.11 Å². The third kappa shape index (κ3) is 2.94. The first-order chi connectivity index (χ1) is 11.3. The lowest BCUT2D eigenvalue weighted by Crippen LogP contribution is -2.05. The molecule has 24 heavy (non-hydrogen) atoms. The fraction of sp³-hybridized carbons (Fsp3) is 0.125. The van der Waals surface area contributed by atoms with Gasteiger partial charge in [-0.25, -0.2) is 0 Å². The van der Waals surface area contributed by atoms with Gasteiger partial charge in [0.25, 0.3) is 0 Å². The maximum atomic E-state index is 13.0. The van der Waals surface area contributed by atoms with E-state index >= 15 is 0 Å². The second-order valence-electron chi connectivity index (χ2n) is 5.18. The molecule has 0 atom stereocenters. The highest BCUT2D eigenvalue weighted by atomic mass is 35.5. The van der Waals surface area contributed by atoms with Gasteiger partial charge < -0.3 is 10.1 Å². The van der Waals surface area contributed by atoms with E-state index in [1.807, 2.05) is 6.92 Å². The summed E-state index contributed by atoms with van der Waals surface area (Å²) in [5, 5.41) is 18.3. The SMILES string of the molecule is Cc1ccc(N=Nc2c(O)[nH]c3c(C(F)(F)F)cccc23)cc1Cl. The van der Waals surface area contributed by atoms with E-state index in [9.17, 15) is 18.3 Å². The molecule has 8 heteroatoms. The quantitative estimate of drug-likeness (QED) is 0.524. The van der Waals surface area contributed by atoms with Gasteiger partial charge >= 0.3 is 6.18 Å². The average molecular weight is 354 g/mol. The van der Waals surface area contributed by atoms with Crippen molar-refractivity contribution >= 4 is 33.9 Å². The van der Waals surface area contributed by atoms with Crippen LogP contribution in [-0.2, 0) is 6.18 Å². The Morgan fingerprint density at radius 3 is 2.54 bits per heavy atom. The summed E-state index contributed by atoms with van der Waals surface area (Å²) in [6.07, 6.45) is -4.55. The maximum absolute atomic E-state index is 13.0. The molecule has 0 bridgehead atoms. The lowest BCUT2D eigenvalue weighted by Gasteiger charge is -2.06. The monoisotopic (exact) mass is 353 g/mol. The second kappa shape index (κ2) is 5.83. The largest absolute Gasteiger partial charge is 0.493 e. The van der Waals surface area contributed by atoms with Gasteiger partial charge in [0, 0.05) is 10.4 Å². The summed E-state index contributed by atoms with van der Waals surface area (Å²) < 4.78 is 39.1. The normalized spacial score (nSPS) is 12.4. The van der Waals surface area contributed by atoms with E-state index in [0.29, 0.717) is 10.7 Å². The molecule has 3 aromatic rings. The molecule has 0 aliphatic carbocycles. The van der Waals surface area contributed by atoms with Crippen LogP contribution in [0.5, 0.6) is 5.88 Å². The molecule has 0 unspecified atom stereocenters. The molecule has 0 radical (unpaired) electrons. The Hall–Kier alpha value is -2.54. The van der Waals surface area contributed by atoms with E-state index in [0.717, 1.165) is 11.6 Å². The van der Waals surface area contributed by atoms with Crippen molar-refractivity contribution in [3.8, 4) is 5.88 Å². The van der Waals surface area contributed by atoms with Gasteiger partial charge in [-0.05, 0) is 30.7 Å². The van der Waals surface area contributed by atoms with E-state index in [1.54, 1.807) is 18.2 Å². The van der Waals surface area contributed by atoms with Gasteiger partial charge in [0.1, 0.15) is 0 Å². The predicted molar refractivity (Wildman–Crippen MR) is 85.3 cm³/mol. The third-order valence-electron chi connectivity index (χ3n) is 3.51. The zero-order valence-electron chi connectivity index (χ0n) is 12.3. The molecule has 2 aromatic carbocycles. The predicted octanol–water partition coefficient (Wildman–Crippen LogP) is 6.27. The van der Waals surface area contributed by atoms with Gasteiger partial charge in [0.2, 0.25) is 5.88 Å². The Labute approximate surface area is 139 Å². The summed E-state index contributed by atoms with van der Waals surface area (Å²) >= 11 is 5.99. The molecular formula is C16H11ClF3N3O. The van der Waals surface area contributed by atoms with E-state index < -0.39 is 17.6 Å². The van der Waals surface area contributed by atoms with Crippen LogP contribution in [0.15, 0.2) is 46.6 Å². The van der Waals surface area contributed by atoms with Crippen LogP contribution in [0.2, 0.25) is 5.02 Å². The van der Waals surface area contributed by atoms with Crippen molar-refractivity contribution in [3.05, 3.63) is 52.5 Å². The van der Waals surface area contributed by atoms with Gasteiger partial charge in [-0.3, -0.25) is 0 Å². The standard InChI is InChI=1S/C16H11ClF3N3O/c1-8-5-6-9(7-12(8)17)22-23-14-10-3-2-4-11(16(18,19)20)13(10)21-15(14)24/h2-7,21,24H,1H3. The molecule has 4 nitrogen and oxygen atoms in total. The molecule has 0 saturated heterocycles. The van der Waals surface area contributed by atoms with Crippen molar-refractivity contribution in [1.82, 2.24) is 4.98 Å². The number of aromatic amines is 1. The van der Waals surface area contributed by atoms with Crippen molar-refractivity contribution in [2.75, 3.05) is 0 Å². The summed E-state index contributed by atoms with van der Waals surface area (Å²) in [6, 6.07) is 8.59. The number of para-hydroxylation sites is 1. The first-order valence-corrected chi connectivity index (χ1v) is 7.24. The molecule has 0 amide bonds. The fourth-order valence-corrected chi connectivity index (χ4v) is 2.45. The van der Waals surface area contributed by atoms with Crippen LogP contribution >= 0.6 is 11.6 Å². The smallest absolute Gasteiger partial charge is 0.418 e. The van der Waals surface area contributed by atoms with E-state index in [-0.39, 0.29) is 16.6 Å². The van der Waals surface area contributed by atoms with Crippen molar-refractivity contribution in [1.29, 1.82) is 0 Å². The zero-order chi connectivity index (χ0) is 17.5. The number of halogens is 4. The molecule has 1 heterocycles. The van der Waals surface area contributed by atoms with Gasteiger partial charge in [-0.2, -0.15) is 18.3 Å². The highest BCUT2D eigenvalue weighted by Crippen LogP contribution is 2.42. The summed E-state index contributed by atoms with van der Waals surface area (Å²) in [7, 11) is 0. The molecule has 0 fully saturated rings. The minimum atomic E-state index is -4.55. The number of rotatable bonds is 2. The van der Waals surface area contributed by atoms with Crippen LogP contribution in [-0.4, -0.2) is 10.1 Å². The van der Waals surface area contributed by atoms with Crippen molar-refractivity contribution in [2.24, 2.45) is 10.2 Å². The lowest BCUT2D eigenvalue weighted by molar-refractivity contribution is -0.136. The molecule has 2 N–H and O–H groups in total. The summed E-state index contributed by atoms with van der Waals surface area (Å²) in [4.78, 5) is 2.31. The molecule has 1 aromatic heterocycles. The average Bonchev–Trinajstić information content (AvgIpc) is 2.82. The highest BCUT2D eigenvalue weighted by Gasteiger charge is 2.34. The minimum absolute atomic E-state index is 0.0622. The molecule has 124 valence electrons. The molecule has 3 rings (SSSR count). The lowest BCUT2D eigenvalue weighted by atomic mass is 10.1. The summed E-state index contributed by atoms with van der Waals surface area (Å²) in [5.41, 5.74) is 0.105. The number of aryl methyl sites for hydroxylation is 1. The Bertz CT molecular complexity index is 948. The second-order valence-corrected chi connectivity index (χ2v) is 5.59. The van der Waals surface area contributed by atoms with Gasteiger partial charge in [0.05, 0.1) is 16.8 Å². The maximum Gasteiger partial charge on any atom is 0.418 e.